The number of isocyanates is 1. The standard InChI is InChI=1S/C8H4F3N5O3.C8H3F3N2O3/c9-8(10,11)4-1-5(3-6(2-4)16(18)19)15-7(17)12-13-14-15;9-8(10,11)5-1-6(12-4-14)3-7(2-5)13(15)16/h1-3H,(H,12,14,17);1-3H. The normalized spacial score (nSPS) is 11.1. The van der Waals surface area contributed by atoms with E-state index >= 15 is 0 Å². The Bertz CT molecular complexity index is 1350. The van der Waals surface area contributed by atoms with Crippen LogP contribution in [0.5, 0.6) is 0 Å². The van der Waals surface area contributed by atoms with Crippen molar-refractivity contribution in [1.82, 2.24) is 20.2 Å². The van der Waals surface area contributed by atoms with E-state index in [4.69, 9.17) is 0 Å². The summed E-state index contributed by atoms with van der Waals surface area (Å²) >= 11 is 0. The number of tetrazole rings is 1. The van der Waals surface area contributed by atoms with Gasteiger partial charge >= 0.3 is 18.0 Å². The number of non-ortho nitro benzene ring substituents is 2. The van der Waals surface area contributed by atoms with Crippen molar-refractivity contribution in [3.05, 3.63) is 78.2 Å². The highest BCUT2D eigenvalue weighted by molar-refractivity contribution is 5.56. The van der Waals surface area contributed by atoms with Crippen molar-refractivity contribution in [2.24, 2.45) is 4.99 Å². The molecule has 0 aliphatic heterocycles. The largest absolute Gasteiger partial charge is 0.416 e. The van der Waals surface area contributed by atoms with Crippen LogP contribution >= 0.6 is 0 Å². The van der Waals surface area contributed by atoms with E-state index in [2.05, 4.69) is 15.4 Å². The third-order valence-electron chi connectivity index (χ3n) is 3.77. The summed E-state index contributed by atoms with van der Waals surface area (Å²) in [5.41, 5.74) is -5.86. The zero-order chi connectivity index (χ0) is 26.6. The fourth-order valence-electron chi connectivity index (χ4n) is 2.33. The van der Waals surface area contributed by atoms with Crippen molar-refractivity contribution in [2.45, 2.75) is 12.4 Å². The van der Waals surface area contributed by atoms with E-state index in [-0.39, 0.29) is 0 Å². The number of aromatic amines is 1. The molecule has 0 amide bonds. The predicted octanol–water partition coefficient (Wildman–Crippen LogP) is 3.46. The maximum absolute atomic E-state index is 12.6. The second-order valence-electron chi connectivity index (χ2n) is 6.11. The highest BCUT2D eigenvalue weighted by Gasteiger charge is 2.34. The Kier molecular flexibility index (Phi) is 7.46. The van der Waals surface area contributed by atoms with E-state index in [0.29, 0.717) is 28.9 Å². The number of nitrogens with one attached hydrogen (secondary N) is 1. The summed E-state index contributed by atoms with van der Waals surface area (Å²) in [6.45, 7) is 0. The van der Waals surface area contributed by atoms with Crippen molar-refractivity contribution < 1.29 is 41.0 Å². The van der Waals surface area contributed by atoms with Gasteiger partial charge in [-0.15, -0.1) is 0 Å². The lowest BCUT2D eigenvalue weighted by Crippen LogP contribution is -2.17. The lowest BCUT2D eigenvalue weighted by Gasteiger charge is -2.08. The third kappa shape index (κ3) is 6.78. The van der Waals surface area contributed by atoms with Crippen LogP contribution in [0, 0.1) is 20.2 Å². The number of nitro benzene ring substituents is 2. The first-order chi connectivity index (χ1) is 16.1. The number of alkyl halides is 6. The molecule has 0 unspecified atom stereocenters. The van der Waals surface area contributed by atoms with E-state index in [1.54, 1.807) is 0 Å². The van der Waals surface area contributed by atoms with Crippen LogP contribution in [0.15, 0.2) is 46.2 Å². The number of aromatic nitrogens is 4. The summed E-state index contributed by atoms with van der Waals surface area (Å²) in [5, 5.41) is 29.1. The number of rotatable bonds is 4. The fraction of sp³-hybridized carbons (Fsp3) is 0.125. The molecule has 0 atom stereocenters. The molecule has 13 nitrogen and oxygen atoms in total. The number of aliphatic imine (C=N–C) groups is 1. The molecule has 19 heteroatoms. The number of hydrogen-bond acceptors (Lipinski definition) is 9. The van der Waals surface area contributed by atoms with Gasteiger partial charge in [-0.2, -0.15) is 36.0 Å². The average molecular weight is 507 g/mol. The summed E-state index contributed by atoms with van der Waals surface area (Å²) in [7, 11) is 0. The van der Waals surface area contributed by atoms with Crippen molar-refractivity contribution in [2.75, 3.05) is 0 Å². The minimum atomic E-state index is -4.78. The number of H-pyrrole nitrogens is 1. The first kappa shape index (κ1) is 26.3. The molecule has 0 bridgehead atoms. The lowest BCUT2D eigenvalue weighted by atomic mass is 10.1. The minimum Gasteiger partial charge on any atom is -0.258 e. The molecule has 1 N–H and O–H groups in total. The zero-order valence-electron chi connectivity index (χ0n) is 16.4. The summed E-state index contributed by atoms with van der Waals surface area (Å²) in [6, 6.07) is 3.37. The van der Waals surface area contributed by atoms with Gasteiger partial charge < -0.3 is 0 Å². The quantitative estimate of drug-likeness (QED) is 0.183. The van der Waals surface area contributed by atoms with Crippen LogP contribution in [0.2, 0.25) is 0 Å². The number of carbonyl (C=O) groups excluding carboxylic acids is 1. The van der Waals surface area contributed by atoms with Gasteiger partial charge in [-0.3, -0.25) is 20.2 Å². The second-order valence-corrected chi connectivity index (χ2v) is 6.11. The van der Waals surface area contributed by atoms with E-state index < -0.39 is 61.8 Å². The summed E-state index contributed by atoms with van der Waals surface area (Å²) < 4.78 is 75.2. The molecule has 2 aromatic carbocycles. The molecule has 35 heavy (non-hydrogen) atoms. The van der Waals surface area contributed by atoms with Gasteiger partial charge in [0.1, 0.15) is 0 Å². The molecule has 1 aromatic heterocycles. The van der Waals surface area contributed by atoms with Crippen molar-refractivity contribution in [3.8, 4) is 5.69 Å². The molecule has 0 saturated carbocycles. The van der Waals surface area contributed by atoms with Crippen LogP contribution in [0.4, 0.5) is 43.4 Å². The topological polar surface area (TPSA) is 179 Å². The smallest absolute Gasteiger partial charge is 0.258 e. The van der Waals surface area contributed by atoms with Gasteiger partial charge in [0.15, 0.2) is 0 Å². The lowest BCUT2D eigenvalue weighted by molar-refractivity contribution is -0.385. The summed E-state index contributed by atoms with van der Waals surface area (Å²) in [4.78, 5) is 42.9. The molecule has 0 radical (unpaired) electrons. The van der Waals surface area contributed by atoms with Crippen molar-refractivity contribution in [3.63, 3.8) is 0 Å². The number of nitro groups is 2. The number of hydrogen-bond donors (Lipinski definition) is 1. The predicted molar refractivity (Wildman–Crippen MR) is 99.5 cm³/mol. The monoisotopic (exact) mass is 507 g/mol. The van der Waals surface area contributed by atoms with Gasteiger partial charge in [0.25, 0.3) is 11.4 Å². The Hall–Kier alpha value is -4.93. The number of benzene rings is 2. The molecule has 0 saturated heterocycles. The zero-order valence-corrected chi connectivity index (χ0v) is 16.4. The van der Waals surface area contributed by atoms with Gasteiger partial charge in [0, 0.05) is 24.3 Å². The van der Waals surface area contributed by atoms with Crippen LogP contribution in [-0.4, -0.2) is 36.1 Å². The number of halogens is 6. The van der Waals surface area contributed by atoms with E-state index in [9.17, 15) is 56.2 Å². The van der Waals surface area contributed by atoms with Crippen LogP contribution in [0.1, 0.15) is 11.1 Å². The first-order valence-corrected chi connectivity index (χ1v) is 8.45. The Labute approximate surface area is 186 Å². The van der Waals surface area contributed by atoms with Gasteiger partial charge in [-0.25, -0.2) is 14.7 Å². The van der Waals surface area contributed by atoms with Crippen molar-refractivity contribution >= 4 is 23.1 Å². The van der Waals surface area contributed by atoms with E-state index in [1.165, 1.54) is 0 Å². The molecular weight excluding hydrogens is 500 g/mol. The van der Waals surface area contributed by atoms with Gasteiger partial charge in [-0.1, -0.05) is 0 Å². The molecular formula is C16H7F6N7O6. The molecule has 184 valence electrons. The number of nitrogens with zero attached hydrogens (tertiary/aromatic N) is 6. The second kappa shape index (κ2) is 9.91. The molecule has 0 aliphatic carbocycles. The molecule has 3 rings (SSSR count). The van der Waals surface area contributed by atoms with Crippen LogP contribution in [-0.2, 0) is 17.1 Å². The average Bonchev–Trinajstić information content (AvgIpc) is 3.18. The maximum atomic E-state index is 12.6. The molecule has 0 aliphatic rings. The van der Waals surface area contributed by atoms with Crippen LogP contribution in [0.25, 0.3) is 5.69 Å². The third-order valence-corrected chi connectivity index (χ3v) is 3.77. The summed E-state index contributed by atoms with van der Waals surface area (Å²) in [6.07, 6.45) is -8.51. The van der Waals surface area contributed by atoms with E-state index in [0.717, 1.165) is 18.2 Å². The summed E-state index contributed by atoms with van der Waals surface area (Å²) in [5.74, 6) is 0. The molecule has 1 heterocycles. The molecule has 3 aromatic rings. The minimum absolute atomic E-state index is 0.365. The SMILES string of the molecule is O=C=Nc1cc([N+](=O)[O-])cc(C(F)(F)F)c1.O=c1[nH]nnn1-c1cc([N+](=O)[O-])cc(C(F)(F)F)c1. The highest BCUT2D eigenvalue weighted by Crippen LogP contribution is 2.35. The van der Waals surface area contributed by atoms with Gasteiger partial charge in [0.05, 0.1) is 32.3 Å². The molecule has 0 fully saturated rings. The van der Waals surface area contributed by atoms with Crippen molar-refractivity contribution in [1.29, 1.82) is 0 Å². The Morgan fingerprint density at radius 3 is 1.83 bits per heavy atom. The Morgan fingerprint density at radius 1 is 0.886 bits per heavy atom. The van der Waals surface area contributed by atoms with E-state index in [1.807, 2.05) is 5.10 Å². The maximum Gasteiger partial charge on any atom is 0.416 e. The highest BCUT2D eigenvalue weighted by atomic mass is 19.4. The van der Waals surface area contributed by atoms with Crippen LogP contribution < -0.4 is 5.69 Å². The first-order valence-electron chi connectivity index (χ1n) is 8.45. The van der Waals surface area contributed by atoms with Crippen LogP contribution in [0.3, 0.4) is 0 Å². The Morgan fingerprint density at radius 2 is 1.40 bits per heavy atom. The fourth-order valence-corrected chi connectivity index (χ4v) is 2.33. The molecule has 0 spiro atoms. The van der Waals surface area contributed by atoms with Gasteiger partial charge in [0.2, 0.25) is 6.08 Å². The van der Waals surface area contributed by atoms with Gasteiger partial charge in [-0.05, 0) is 22.6 Å². The Balaban J connectivity index is 0.000000251.